The molecule has 0 bridgehead atoms. The van der Waals surface area contributed by atoms with E-state index in [9.17, 15) is 0 Å². The van der Waals surface area contributed by atoms with Crippen LogP contribution in [0.15, 0.2) is 48.5 Å². The van der Waals surface area contributed by atoms with Crippen molar-refractivity contribution in [2.75, 3.05) is 0 Å². The van der Waals surface area contributed by atoms with Crippen molar-refractivity contribution in [3.63, 3.8) is 0 Å². The van der Waals surface area contributed by atoms with E-state index in [4.69, 9.17) is 4.98 Å². The molecule has 1 heteroatoms. The molecule has 0 atom stereocenters. The second kappa shape index (κ2) is 4.51. The minimum absolute atomic E-state index is 1.10. The summed E-state index contributed by atoms with van der Waals surface area (Å²) in [5.41, 5.74) is 5.92. The molecular formula is C18H17N. The molecule has 0 aliphatic rings. The van der Waals surface area contributed by atoms with E-state index in [-0.39, 0.29) is 0 Å². The van der Waals surface area contributed by atoms with E-state index in [0.717, 1.165) is 11.4 Å². The van der Waals surface area contributed by atoms with Gasteiger partial charge in [-0.3, -0.25) is 4.98 Å². The summed E-state index contributed by atoms with van der Waals surface area (Å²) >= 11 is 0. The summed E-state index contributed by atoms with van der Waals surface area (Å²) in [6.45, 7) is 6.36. The van der Waals surface area contributed by atoms with Crippen LogP contribution >= 0.6 is 0 Å². The van der Waals surface area contributed by atoms with Crippen LogP contribution in [0.2, 0.25) is 0 Å². The SMILES string of the molecule is Cc1cccc(-c2nc(C)c3ccccc3c2C)c1. The van der Waals surface area contributed by atoms with E-state index in [1.807, 2.05) is 0 Å². The van der Waals surface area contributed by atoms with Gasteiger partial charge in [-0.1, -0.05) is 48.0 Å². The fourth-order valence-electron chi connectivity index (χ4n) is 2.64. The normalized spacial score (nSPS) is 10.9. The molecule has 0 unspecified atom stereocenters. The van der Waals surface area contributed by atoms with Gasteiger partial charge in [0.25, 0.3) is 0 Å². The molecule has 0 aliphatic heterocycles. The van der Waals surface area contributed by atoms with Gasteiger partial charge in [0.05, 0.1) is 5.69 Å². The monoisotopic (exact) mass is 247 g/mol. The molecule has 0 N–H and O–H groups in total. The Morgan fingerprint density at radius 2 is 1.53 bits per heavy atom. The smallest absolute Gasteiger partial charge is 0.0740 e. The van der Waals surface area contributed by atoms with Gasteiger partial charge in [-0.2, -0.15) is 0 Å². The summed E-state index contributed by atoms with van der Waals surface area (Å²) < 4.78 is 0. The van der Waals surface area contributed by atoms with Crippen LogP contribution in [0.4, 0.5) is 0 Å². The number of rotatable bonds is 1. The predicted octanol–water partition coefficient (Wildman–Crippen LogP) is 4.83. The first-order chi connectivity index (χ1) is 9.16. The molecule has 0 radical (unpaired) electrons. The van der Waals surface area contributed by atoms with E-state index < -0.39 is 0 Å². The Hall–Kier alpha value is -2.15. The average Bonchev–Trinajstić information content (AvgIpc) is 2.43. The average molecular weight is 247 g/mol. The van der Waals surface area contributed by atoms with Crippen molar-refractivity contribution in [2.45, 2.75) is 20.8 Å². The zero-order chi connectivity index (χ0) is 13.4. The molecule has 2 aromatic carbocycles. The Bertz CT molecular complexity index is 757. The minimum Gasteiger partial charge on any atom is -0.252 e. The molecular weight excluding hydrogens is 230 g/mol. The van der Waals surface area contributed by atoms with Crippen LogP contribution in [0.5, 0.6) is 0 Å². The summed E-state index contributed by atoms with van der Waals surface area (Å²) in [6, 6.07) is 17.0. The lowest BCUT2D eigenvalue weighted by molar-refractivity contribution is 1.21. The lowest BCUT2D eigenvalue weighted by Crippen LogP contribution is -1.94. The second-order valence-corrected chi connectivity index (χ2v) is 5.09. The van der Waals surface area contributed by atoms with Crippen molar-refractivity contribution in [1.82, 2.24) is 4.98 Å². The highest BCUT2D eigenvalue weighted by molar-refractivity contribution is 5.91. The number of nitrogens with zero attached hydrogens (tertiary/aromatic N) is 1. The van der Waals surface area contributed by atoms with Gasteiger partial charge in [0.15, 0.2) is 0 Å². The minimum atomic E-state index is 1.10. The highest BCUT2D eigenvalue weighted by Crippen LogP contribution is 2.29. The molecule has 0 spiro atoms. The fraction of sp³-hybridized carbons (Fsp3) is 0.167. The van der Waals surface area contributed by atoms with Crippen molar-refractivity contribution in [3.05, 3.63) is 65.4 Å². The third-order valence-corrected chi connectivity index (χ3v) is 3.65. The van der Waals surface area contributed by atoms with Crippen molar-refractivity contribution in [1.29, 1.82) is 0 Å². The Morgan fingerprint density at radius 1 is 0.789 bits per heavy atom. The highest BCUT2D eigenvalue weighted by Gasteiger charge is 2.09. The molecule has 94 valence electrons. The number of fused-ring (bicyclic) bond motifs is 1. The number of aromatic nitrogens is 1. The number of aryl methyl sites for hydroxylation is 3. The number of benzene rings is 2. The molecule has 1 heterocycles. The molecule has 0 amide bonds. The van der Waals surface area contributed by atoms with Crippen molar-refractivity contribution >= 4 is 10.8 Å². The van der Waals surface area contributed by atoms with Gasteiger partial charge >= 0.3 is 0 Å². The summed E-state index contributed by atoms with van der Waals surface area (Å²) in [7, 11) is 0. The molecule has 0 fully saturated rings. The Balaban J connectivity index is 2.34. The molecule has 1 nitrogen and oxygen atoms in total. The van der Waals surface area contributed by atoms with Gasteiger partial charge in [-0.25, -0.2) is 0 Å². The summed E-state index contributed by atoms with van der Waals surface area (Å²) in [5.74, 6) is 0. The zero-order valence-corrected chi connectivity index (χ0v) is 11.6. The van der Waals surface area contributed by atoms with E-state index in [1.54, 1.807) is 0 Å². The molecule has 0 saturated heterocycles. The van der Waals surface area contributed by atoms with E-state index in [0.29, 0.717) is 0 Å². The topological polar surface area (TPSA) is 12.9 Å². The standard InChI is InChI=1S/C18H17N/c1-12-7-6-8-15(11-12)18-13(2)16-9-4-5-10-17(16)14(3)19-18/h4-11H,1-3H3. The maximum atomic E-state index is 4.81. The number of hydrogen-bond donors (Lipinski definition) is 0. The van der Waals surface area contributed by atoms with Crippen LogP contribution in [0, 0.1) is 20.8 Å². The van der Waals surface area contributed by atoms with Crippen LogP contribution in [-0.2, 0) is 0 Å². The molecule has 0 saturated carbocycles. The maximum absolute atomic E-state index is 4.81. The first kappa shape index (κ1) is 11.9. The number of pyridine rings is 1. The van der Waals surface area contributed by atoms with Crippen LogP contribution < -0.4 is 0 Å². The van der Waals surface area contributed by atoms with Crippen LogP contribution in [0.3, 0.4) is 0 Å². The second-order valence-electron chi connectivity index (χ2n) is 5.09. The van der Waals surface area contributed by atoms with E-state index in [2.05, 4.69) is 69.3 Å². The molecule has 3 aromatic rings. The van der Waals surface area contributed by atoms with Crippen molar-refractivity contribution < 1.29 is 0 Å². The Labute approximate surface area is 113 Å². The molecule has 1 aromatic heterocycles. The van der Waals surface area contributed by atoms with Gasteiger partial charge in [0.2, 0.25) is 0 Å². The molecule has 19 heavy (non-hydrogen) atoms. The lowest BCUT2D eigenvalue weighted by Gasteiger charge is -2.11. The maximum Gasteiger partial charge on any atom is 0.0740 e. The van der Waals surface area contributed by atoms with Gasteiger partial charge in [0, 0.05) is 16.6 Å². The predicted molar refractivity (Wildman–Crippen MR) is 81.4 cm³/mol. The quantitative estimate of drug-likeness (QED) is 0.600. The third-order valence-electron chi connectivity index (χ3n) is 3.65. The van der Waals surface area contributed by atoms with Crippen molar-refractivity contribution in [2.24, 2.45) is 0 Å². The summed E-state index contributed by atoms with van der Waals surface area (Å²) in [4.78, 5) is 4.81. The van der Waals surface area contributed by atoms with Gasteiger partial charge in [0.1, 0.15) is 0 Å². The molecule has 0 aliphatic carbocycles. The van der Waals surface area contributed by atoms with E-state index in [1.165, 1.54) is 27.5 Å². The van der Waals surface area contributed by atoms with Crippen LogP contribution in [0.1, 0.15) is 16.8 Å². The molecule has 3 rings (SSSR count). The first-order valence-corrected chi connectivity index (χ1v) is 6.60. The van der Waals surface area contributed by atoms with Crippen molar-refractivity contribution in [3.8, 4) is 11.3 Å². The number of hydrogen-bond acceptors (Lipinski definition) is 1. The highest BCUT2D eigenvalue weighted by atomic mass is 14.7. The Morgan fingerprint density at radius 3 is 2.26 bits per heavy atom. The third kappa shape index (κ3) is 2.01. The zero-order valence-electron chi connectivity index (χ0n) is 11.6. The van der Waals surface area contributed by atoms with Gasteiger partial charge in [-0.05, 0) is 37.8 Å². The van der Waals surface area contributed by atoms with Gasteiger partial charge < -0.3 is 0 Å². The summed E-state index contributed by atoms with van der Waals surface area (Å²) in [6.07, 6.45) is 0. The summed E-state index contributed by atoms with van der Waals surface area (Å²) in [5, 5.41) is 2.54. The first-order valence-electron chi connectivity index (χ1n) is 6.60. The Kier molecular flexibility index (Phi) is 2.83. The van der Waals surface area contributed by atoms with Crippen LogP contribution in [-0.4, -0.2) is 4.98 Å². The fourth-order valence-corrected chi connectivity index (χ4v) is 2.64. The van der Waals surface area contributed by atoms with Crippen LogP contribution in [0.25, 0.3) is 22.0 Å². The van der Waals surface area contributed by atoms with Gasteiger partial charge in [-0.15, -0.1) is 0 Å². The largest absolute Gasteiger partial charge is 0.252 e. The van der Waals surface area contributed by atoms with E-state index >= 15 is 0 Å². The lowest BCUT2D eigenvalue weighted by atomic mass is 9.98.